The lowest BCUT2D eigenvalue weighted by molar-refractivity contribution is 0.597. The monoisotopic (exact) mass is 410 g/mol. The molecule has 11 heteroatoms. The number of hydrogen-bond donors (Lipinski definition) is 4. The van der Waals surface area contributed by atoms with Crippen molar-refractivity contribution in [2.75, 3.05) is 10.6 Å². The Kier molecular flexibility index (Phi) is 5.06. The summed E-state index contributed by atoms with van der Waals surface area (Å²) in [7, 11) is -3.77. The van der Waals surface area contributed by atoms with Crippen LogP contribution in [0.15, 0.2) is 59.5 Å². The molecule has 4 rings (SSSR count). The smallest absolute Gasteiger partial charge is 0.238 e. The molecule has 2 aromatic carbocycles. The summed E-state index contributed by atoms with van der Waals surface area (Å²) in [6, 6.07) is 16.3. The summed E-state index contributed by atoms with van der Waals surface area (Å²) >= 11 is 0. The Bertz CT molecular complexity index is 1240. The molecule has 2 heterocycles. The van der Waals surface area contributed by atoms with Gasteiger partial charge in [-0.25, -0.2) is 13.6 Å². The highest BCUT2D eigenvalue weighted by atomic mass is 32.2. The first-order valence-electron chi connectivity index (χ1n) is 8.71. The van der Waals surface area contributed by atoms with Gasteiger partial charge in [0, 0.05) is 13.1 Å². The SMILES string of the molecule is NS(=O)(=O)c1cccc(CNc2nc(NCc3ccccc3)nc3n[nH]nc23)c1. The van der Waals surface area contributed by atoms with Gasteiger partial charge in [-0.1, -0.05) is 42.5 Å². The van der Waals surface area contributed by atoms with E-state index in [1.54, 1.807) is 12.1 Å². The van der Waals surface area contributed by atoms with E-state index in [0.29, 0.717) is 36.0 Å². The van der Waals surface area contributed by atoms with E-state index in [0.717, 1.165) is 11.1 Å². The van der Waals surface area contributed by atoms with E-state index in [4.69, 9.17) is 5.14 Å². The van der Waals surface area contributed by atoms with Crippen LogP contribution in [0.4, 0.5) is 11.8 Å². The number of hydrogen-bond acceptors (Lipinski definition) is 8. The molecule has 5 N–H and O–H groups in total. The Hall–Kier alpha value is -3.57. The number of nitrogens with zero attached hydrogens (tertiary/aromatic N) is 4. The van der Waals surface area contributed by atoms with Gasteiger partial charge in [0.05, 0.1) is 4.90 Å². The number of anilines is 2. The van der Waals surface area contributed by atoms with Gasteiger partial charge >= 0.3 is 0 Å². The van der Waals surface area contributed by atoms with Gasteiger partial charge in [0.2, 0.25) is 21.6 Å². The zero-order valence-electron chi connectivity index (χ0n) is 15.2. The third-order valence-corrected chi connectivity index (χ3v) is 5.07. The van der Waals surface area contributed by atoms with E-state index in [9.17, 15) is 8.42 Å². The van der Waals surface area contributed by atoms with Crippen LogP contribution in [0.5, 0.6) is 0 Å². The Labute approximate surface area is 166 Å². The second-order valence-electron chi connectivity index (χ2n) is 6.28. The lowest BCUT2D eigenvalue weighted by Crippen LogP contribution is -2.13. The number of H-pyrrole nitrogens is 1. The number of fused-ring (bicyclic) bond motifs is 1. The van der Waals surface area contributed by atoms with Gasteiger partial charge in [0.15, 0.2) is 11.3 Å². The summed E-state index contributed by atoms with van der Waals surface area (Å²) in [5.41, 5.74) is 2.71. The van der Waals surface area contributed by atoms with Crippen LogP contribution in [0.3, 0.4) is 0 Å². The van der Waals surface area contributed by atoms with Crippen LogP contribution >= 0.6 is 0 Å². The topological polar surface area (TPSA) is 152 Å². The number of nitrogens with two attached hydrogens (primary N) is 1. The second kappa shape index (κ2) is 7.81. The Morgan fingerprint density at radius 3 is 2.45 bits per heavy atom. The zero-order valence-corrected chi connectivity index (χ0v) is 16.0. The third-order valence-electron chi connectivity index (χ3n) is 4.16. The average Bonchev–Trinajstić information content (AvgIpc) is 3.20. The van der Waals surface area contributed by atoms with Gasteiger partial charge in [-0.05, 0) is 23.3 Å². The predicted molar refractivity (Wildman–Crippen MR) is 108 cm³/mol. The molecule has 0 radical (unpaired) electrons. The van der Waals surface area contributed by atoms with E-state index in [1.165, 1.54) is 12.1 Å². The number of nitrogens with one attached hydrogen (secondary N) is 3. The molecule has 0 aliphatic carbocycles. The van der Waals surface area contributed by atoms with E-state index in [-0.39, 0.29) is 4.90 Å². The number of benzene rings is 2. The zero-order chi connectivity index (χ0) is 20.3. The minimum Gasteiger partial charge on any atom is -0.364 e. The molecule has 0 amide bonds. The van der Waals surface area contributed by atoms with Gasteiger partial charge in [-0.3, -0.25) is 0 Å². The van der Waals surface area contributed by atoms with Gasteiger partial charge in [0.25, 0.3) is 0 Å². The largest absolute Gasteiger partial charge is 0.364 e. The number of aromatic nitrogens is 5. The third kappa shape index (κ3) is 4.47. The maximum Gasteiger partial charge on any atom is 0.238 e. The molecule has 0 bridgehead atoms. The normalized spacial score (nSPS) is 11.5. The summed E-state index contributed by atoms with van der Waals surface area (Å²) < 4.78 is 23.1. The minimum absolute atomic E-state index is 0.0521. The molecule has 0 unspecified atom stereocenters. The molecule has 4 aromatic rings. The van der Waals surface area contributed by atoms with Crippen LogP contribution in [0, 0.1) is 0 Å². The van der Waals surface area contributed by atoms with Gasteiger partial charge in [-0.15, -0.1) is 5.10 Å². The van der Waals surface area contributed by atoms with Crippen molar-refractivity contribution in [1.82, 2.24) is 25.4 Å². The number of primary sulfonamides is 1. The number of aromatic amines is 1. The van der Waals surface area contributed by atoms with Gasteiger partial charge in [0.1, 0.15) is 0 Å². The van der Waals surface area contributed by atoms with E-state index in [1.807, 2.05) is 30.3 Å². The molecule has 0 fully saturated rings. The molecule has 0 saturated heterocycles. The summed E-state index contributed by atoms with van der Waals surface area (Å²) in [4.78, 5) is 8.88. The molecule has 148 valence electrons. The maximum atomic E-state index is 11.5. The summed E-state index contributed by atoms with van der Waals surface area (Å²) in [5, 5.41) is 22.2. The first kappa shape index (κ1) is 18.8. The van der Waals surface area contributed by atoms with Crippen molar-refractivity contribution in [3.8, 4) is 0 Å². The highest BCUT2D eigenvalue weighted by molar-refractivity contribution is 7.89. The molecule has 0 atom stereocenters. The van der Waals surface area contributed by atoms with Crippen molar-refractivity contribution >= 4 is 33.0 Å². The average molecular weight is 410 g/mol. The lowest BCUT2D eigenvalue weighted by Gasteiger charge is -2.10. The molecular weight excluding hydrogens is 392 g/mol. The van der Waals surface area contributed by atoms with Crippen LogP contribution in [-0.2, 0) is 23.1 Å². The first-order chi connectivity index (χ1) is 14.0. The second-order valence-corrected chi connectivity index (χ2v) is 7.84. The van der Waals surface area contributed by atoms with Crippen molar-refractivity contribution in [3.05, 3.63) is 65.7 Å². The molecular formula is C18H18N8O2S. The van der Waals surface area contributed by atoms with Crippen molar-refractivity contribution < 1.29 is 8.42 Å². The molecule has 0 spiro atoms. The molecule has 0 aliphatic rings. The number of rotatable bonds is 7. The minimum atomic E-state index is -3.77. The Morgan fingerprint density at radius 1 is 0.897 bits per heavy atom. The van der Waals surface area contributed by atoms with Crippen molar-refractivity contribution in [2.24, 2.45) is 5.14 Å². The van der Waals surface area contributed by atoms with Crippen LogP contribution in [0.25, 0.3) is 11.2 Å². The van der Waals surface area contributed by atoms with Crippen LogP contribution in [0.2, 0.25) is 0 Å². The maximum absolute atomic E-state index is 11.5. The summed E-state index contributed by atoms with van der Waals surface area (Å²) in [6.45, 7) is 0.875. The summed E-state index contributed by atoms with van der Waals surface area (Å²) in [6.07, 6.45) is 0. The highest BCUT2D eigenvalue weighted by Crippen LogP contribution is 2.19. The van der Waals surface area contributed by atoms with E-state index in [2.05, 4.69) is 36.0 Å². The van der Waals surface area contributed by atoms with Crippen LogP contribution < -0.4 is 15.8 Å². The van der Waals surface area contributed by atoms with Crippen LogP contribution in [0.1, 0.15) is 11.1 Å². The van der Waals surface area contributed by atoms with E-state index < -0.39 is 10.0 Å². The molecule has 29 heavy (non-hydrogen) atoms. The highest BCUT2D eigenvalue weighted by Gasteiger charge is 2.12. The summed E-state index contributed by atoms with van der Waals surface area (Å²) in [5.74, 6) is 0.872. The van der Waals surface area contributed by atoms with Crippen molar-refractivity contribution in [1.29, 1.82) is 0 Å². The molecule has 0 saturated carbocycles. The fourth-order valence-corrected chi connectivity index (χ4v) is 3.33. The van der Waals surface area contributed by atoms with Gasteiger partial charge < -0.3 is 10.6 Å². The van der Waals surface area contributed by atoms with Gasteiger partial charge in [-0.2, -0.15) is 20.3 Å². The molecule has 0 aliphatic heterocycles. The fraction of sp³-hybridized carbons (Fsp3) is 0.111. The van der Waals surface area contributed by atoms with Crippen LogP contribution in [-0.4, -0.2) is 33.8 Å². The standard InChI is InChI=1S/C18H18N8O2S/c19-29(27,28)14-8-4-7-13(9-14)11-20-16-15-17(25-26-24-15)23-18(22-16)21-10-12-5-2-1-3-6-12/h1-9H,10-11H2,(H2,19,27,28)(H3,20,21,22,23,24,25,26). The quantitative estimate of drug-likeness (QED) is 0.359. The van der Waals surface area contributed by atoms with Crippen molar-refractivity contribution in [3.63, 3.8) is 0 Å². The number of sulfonamides is 1. The Morgan fingerprint density at radius 2 is 1.66 bits per heavy atom. The van der Waals surface area contributed by atoms with E-state index >= 15 is 0 Å². The van der Waals surface area contributed by atoms with Crippen molar-refractivity contribution in [2.45, 2.75) is 18.0 Å². The lowest BCUT2D eigenvalue weighted by atomic mass is 10.2. The Balaban J connectivity index is 1.54. The predicted octanol–water partition coefficient (Wildman–Crippen LogP) is 1.62. The fourth-order valence-electron chi connectivity index (χ4n) is 2.74. The molecule has 2 aromatic heterocycles. The first-order valence-corrected chi connectivity index (χ1v) is 10.3. The molecule has 10 nitrogen and oxygen atoms in total.